The Labute approximate surface area is 246 Å². The second-order valence-corrected chi connectivity index (χ2v) is 13.3. The zero-order valence-electron chi connectivity index (χ0n) is 20.1. The molecule has 2 bridgehead atoms. The van der Waals surface area contributed by atoms with Gasteiger partial charge < -0.3 is 9.64 Å². The third-order valence-electron chi connectivity index (χ3n) is 8.27. The highest BCUT2D eigenvalue weighted by Gasteiger charge is 2.66. The van der Waals surface area contributed by atoms with E-state index in [1.54, 1.807) is 43.3 Å². The molecule has 6 rings (SSSR count). The molecule has 4 aliphatic rings. The molecule has 0 N–H and O–H groups in total. The summed E-state index contributed by atoms with van der Waals surface area (Å²) in [6.07, 6.45) is 0.856. The fraction of sp³-hybridized carbons (Fsp3) is 0.407. The Balaban J connectivity index is 1.17. The van der Waals surface area contributed by atoms with Crippen LogP contribution in [0.15, 0.2) is 36.4 Å². The Morgan fingerprint density at radius 3 is 2.24 bits per heavy atom. The Kier molecular flexibility index (Phi) is 6.65. The molecule has 4 fully saturated rings. The van der Waals surface area contributed by atoms with Crippen LogP contribution in [0.4, 0.5) is 11.4 Å². The van der Waals surface area contributed by atoms with Crippen LogP contribution in [0.1, 0.15) is 18.4 Å². The number of hydrogen-bond donors (Lipinski definition) is 0. The van der Waals surface area contributed by atoms with Crippen LogP contribution in [-0.4, -0.2) is 39.9 Å². The molecule has 2 saturated heterocycles. The summed E-state index contributed by atoms with van der Waals surface area (Å²) in [5.74, 6) is -1.86. The van der Waals surface area contributed by atoms with E-state index in [-0.39, 0.29) is 69.8 Å². The molecular formula is C27H22Br2Cl2N2O5. The number of nitrogens with zero attached hydrogens (tertiary/aromatic N) is 2. The van der Waals surface area contributed by atoms with Gasteiger partial charge in [0.2, 0.25) is 17.7 Å². The van der Waals surface area contributed by atoms with Crippen LogP contribution in [-0.2, 0) is 19.2 Å². The van der Waals surface area contributed by atoms with Crippen LogP contribution in [0.25, 0.3) is 0 Å². The van der Waals surface area contributed by atoms with E-state index in [1.807, 2.05) is 0 Å². The summed E-state index contributed by atoms with van der Waals surface area (Å²) in [5.41, 5.74) is 1.60. The highest BCUT2D eigenvalue weighted by molar-refractivity contribution is 9.12. The predicted octanol–water partition coefficient (Wildman–Crippen LogP) is 5.54. The standard InChI is InChI=1S/C27H22Br2Cl2N2O5/c1-11-6-14(38-27(37)12-7-20(34)32(10-12)19-8-13(30)2-4-17(19)31)3-5-18(11)33-25(35)21-15-9-16(22(21)26(33)36)24(29)23(15)28/h2-6,8,12,15-16,21-24H,7,9-10H2,1H3/t12-,15-,16-,21-,22+,23+,24+/m1/s1. The monoisotopic (exact) mass is 682 g/mol. The Morgan fingerprint density at radius 1 is 0.947 bits per heavy atom. The number of alkyl halides is 2. The first-order valence-corrected chi connectivity index (χ1v) is 14.9. The van der Waals surface area contributed by atoms with Crippen LogP contribution in [0, 0.1) is 36.5 Å². The summed E-state index contributed by atoms with van der Waals surface area (Å²) in [6.45, 7) is 1.90. The second-order valence-electron chi connectivity index (χ2n) is 10.4. The summed E-state index contributed by atoms with van der Waals surface area (Å²) in [4.78, 5) is 55.4. The number of ether oxygens (including phenoxy) is 1. The van der Waals surface area contributed by atoms with E-state index in [4.69, 9.17) is 27.9 Å². The number of carbonyl (C=O) groups is 4. The lowest BCUT2D eigenvalue weighted by Gasteiger charge is -2.28. The third kappa shape index (κ3) is 4.03. The quantitative estimate of drug-likeness (QED) is 0.183. The smallest absolute Gasteiger partial charge is 0.316 e. The van der Waals surface area contributed by atoms with Gasteiger partial charge in [-0.2, -0.15) is 0 Å². The van der Waals surface area contributed by atoms with Crippen molar-refractivity contribution in [1.29, 1.82) is 0 Å². The first-order valence-electron chi connectivity index (χ1n) is 12.3. The number of hydrogen-bond acceptors (Lipinski definition) is 5. The molecule has 7 atom stereocenters. The number of halogens is 4. The Hall–Kier alpha value is -1.94. The minimum Gasteiger partial charge on any atom is -0.426 e. The summed E-state index contributed by atoms with van der Waals surface area (Å²) in [5, 5.41) is 0.800. The lowest BCUT2D eigenvalue weighted by molar-refractivity contribution is -0.139. The topological polar surface area (TPSA) is 84.0 Å². The SMILES string of the molecule is Cc1cc(OC(=O)[C@@H]2CC(=O)N(c3cc(Cl)ccc3Cl)C2)ccc1N1C(=O)[C@@H]2[C@H]3C[C@@H]([C@H](Br)[C@H]3Br)[C@@H]2C1=O. The van der Waals surface area contributed by atoms with E-state index < -0.39 is 11.9 Å². The average Bonchev–Trinajstić information content (AvgIpc) is 3.59. The highest BCUT2D eigenvalue weighted by atomic mass is 79.9. The van der Waals surface area contributed by atoms with Gasteiger partial charge in [-0.25, -0.2) is 4.90 Å². The third-order valence-corrected chi connectivity index (χ3v) is 12.0. The van der Waals surface area contributed by atoms with Gasteiger partial charge in [0.1, 0.15) is 5.75 Å². The molecule has 7 nitrogen and oxygen atoms in total. The fourth-order valence-corrected chi connectivity index (χ4v) is 8.78. The van der Waals surface area contributed by atoms with Gasteiger partial charge in [-0.15, -0.1) is 0 Å². The van der Waals surface area contributed by atoms with Gasteiger partial charge >= 0.3 is 5.97 Å². The zero-order chi connectivity index (χ0) is 27.0. The summed E-state index contributed by atoms with van der Waals surface area (Å²) in [6, 6.07) is 9.68. The maximum absolute atomic E-state index is 13.4. The molecule has 2 heterocycles. The number of anilines is 2. The van der Waals surface area contributed by atoms with Gasteiger partial charge in [0.15, 0.2) is 0 Å². The molecule has 0 aromatic heterocycles. The summed E-state index contributed by atoms with van der Waals surface area (Å²) < 4.78 is 5.61. The Morgan fingerprint density at radius 2 is 1.61 bits per heavy atom. The maximum atomic E-state index is 13.4. The zero-order valence-corrected chi connectivity index (χ0v) is 24.8. The largest absolute Gasteiger partial charge is 0.426 e. The highest BCUT2D eigenvalue weighted by Crippen LogP contribution is 2.60. The van der Waals surface area contributed by atoms with E-state index in [1.165, 1.54) is 9.80 Å². The second kappa shape index (κ2) is 9.61. The van der Waals surface area contributed by atoms with Gasteiger partial charge in [-0.05, 0) is 67.1 Å². The summed E-state index contributed by atoms with van der Waals surface area (Å²) in [7, 11) is 0. The van der Waals surface area contributed by atoms with Crippen molar-refractivity contribution in [2.45, 2.75) is 29.4 Å². The first kappa shape index (κ1) is 26.3. The van der Waals surface area contributed by atoms with Crippen LogP contribution in [0.2, 0.25) is 10.0 Å². The van der Waals surface area contributed by atoms with Crippen LogP contribution >= 0.6 is 55.1 Å². The van der Waals surface area contributed by atoms with Crippen molar-refractivity contribution in [3.63, 3.8) is 0 Å². The van der Waals surface area contributed by atoms with Crippen molar-refractivity contribution in [2.24, 2.45) is 29.6 Å². The molecule has 2 saturated carbocycles. The molecule has 11 heteroatoms. The molecule has 3 amide bonds. The number of fused-ring (bicyclic) bond motifs is 5. The van der Waals surface area contributed by atoms with E-state index in [9.17, 15) is 19.2 Å². The number of amides is 3. The molecule has 2 aliphatic carbocycles. The number of rotatable bonds is 4. The number of esters is 1. The maximum Gasteiger partial charge on any atom is 0.316 e. The number of imide groups is 1. The normalized spacial score (nSPS) is 31.9. The van der Waals surface area contributed by atoms with Crippen molar-refractivity contribution in [3.05, 3.63) is 52.0 Å². The van der Waals surface area contributed by atoms with E-state index in [2.05, 4.69) is 31.9 Å². The fourth-order valence-electron chi connectivity index (χ4n) is 6.52. The van der Waals surface area contributed by atoms with Crippen molar-refractivity contribution in [1.82, 2.24) is 0 Å². The van der Waals surface area contributed by atoms with Crippen LogP contribution in [0.5, 0.6) is 5.75 Å². The van der Waals surface area contributed by atoms with Gasteiger partial charge in [0.25, 0.3) is 0 Å². The number of carbonyl (C=O) groups excluding carboxylic acids is 4. The molecule has 0 radical (unpaired) electrons. The average molecular weight is 685 g/mol. The first-order chi connectivity index (χ1) is 18.1. The lowest BCUT2D eigenvalue weighted by Crippen LogP contribution is -2.37. The van der Waals surface area contributed by atoms with Crippen molar-refractivity contribution in [2.75, 3.05) is 16.3 Å². The van der Waals surface area contributed by atoms with Gasteiger partial charge in [0.05, 0.1) is 34.2 Å². The van der Waals surface area contributed by atoms with Crippen LogP contribution < -0.4 is 14.5 Å². The van der Waals surface area contributed by atoms with Gasteiger partial charge in [-0.3, -0.25) is 19.2 Å². The molecule has 0 spiro atoms. The van der Waals surface area contributed by atoms with E-state index in [0.29, 0.717) is 27.0 Å². The minimum absolute atomic E-state index is 0.0102. The molecular weight excluding hydrogens is 663 g/mol. The van der Waals surface area contributed by atoms with Gasteiger partial charge in [-0.1, -0.05) is 55.1 Å². The van der Waals surface area contributed by atoms with Crippen molar-refractivity contribution >= 4 is 90.1 Å². The number of aryl methyl sites for hydroxylation is 1. The van der Waals surface area contributed by atoms with E-state index in [0.717, 1.165) is 6.42 Å². The lowest BCUT2D eigenvalue weighted by atomic mass is 9.81. The molecule has 198 valence electrons. The number of benzene rings is 2. The van der Waals surface area contributed by atoms with Gasteiger partial charge in [0, 0.05) is 27.6 Å². The van der Waals surface area contributed by atoms with E-state index >= 15 is 0 Å². The predicted molar refractivity (Wildman–Crippen MR) is 150 cm³/mol. The minimum atomic E-state index is -0.677. The van der Waals surface area contributed by atoms with Crippen molar-refractivity contribution < 1.29 is 23.9 Å². The summed E-state index contributed by atoms with van der Waals surface area (Å²) >= 11 is 19.7. The van der Waals surface area contributed by atoms with Crippen LogP contribution in [0.3, 0.4) is 0 Å². The molecule has 2 aliphatic heterocycles. The molecule has 38 heavy (non-hydrogen) atoms. The molecule has 2 aromatic carbocycles. The molecule has 0 unspecified atom stereocenters. The molecule has 2 aromatic rings. The van der Waals surface area contributed by atoms with Crippen molar-refractivity contribution in [3.8, 4) is 5.75 Å². The Bertz CT molecular complexity index is 1370.